The molecule has 1 aromatic carbocycles. The zero-order valence-corrected chi connectivity index (χ0v) is 20.8. The number of piperazine rings is 1. The number of nitrogens with one attached hydrogen (secondary N) is 2. The highest BCUT2D eigenvalue weighted by atomic mass is 32.1. The van der Waals surface area contributed by atoms with Crippen LogP contribution in [0.4, 0.5) is 15.8 Å². The number of pyridine rings is 1. The van der Waals surface area contributed by atoms with Crippen LogP contribution in [0.5, 0.6) is 0 Å². The normalized spacial score (nSPS) is 14.8. The SMILES string of the molecule is CN1CCN(Cc2cc(C(=O)Nc3sc(Nc4ccc5ncccc5c4)nc3C(N)=O)cs2)CC1. The molecule has 0 atom stereocenters. The zero-order chi connectivity index (χ0) is 24.4. The first-order chi connectivity index (χ1) is 16.9. The number of fused-ring (bicyclic) bond motifs is 1. The average Bonchev–Trinajstić information content (AvgIpc) is 3.48. The van der Waals surface area contributed by atoms with Crippen LogP contribution in [0.1, 0.15) is 25.7 Å². The van der Waals surface area contributed by atoms with Gasteiger partial charge in [-0.1, -0.05) is 17.4 Å². The number of aromatic nitrogens is 2. The number of hydrogen-bond donors (Lipinski definition) is 3. The third kappa shape index (κ3) is 5.49. The molecule has 1 aliphatic heterocycles. The van der Waals surface area contributed by atoms with Crippen LogP contribution >= 0.6 is 22.7 Å². The molecule has 11 heteroatoms. The van der Waals surface area contributed by atoms with Crippen molar-refractivity contribution in [3.63, 3.8) is 0 Å². The lowest BCUT2D eigenvalue weighted by atomic mass is 10.2. The first-order valence-electron chi connectivity index (χ1n) is 11.2. The summed E-state index contributed by atoms with van der Waals surface area (Å²) in [7, 11) is 2.13. The second-order valence-electron chi connectivity index (χ2n) is 8.43. The number of thiophene rings is 1. The number of rotatable bonds is 7. The summed E-state index contributed by atoms with van der Waals surface area (Å²) in [5.41, 5.74) is 7.79. The van der Waals surface area contributed by atoms with Gasteiger partial charge in [-0.25, -0.2) is 4.98 Å². The van der Waals surface area contributed by atoms with E-state index >= 15 is 0 Å². The number of nitrogens with two attached hydrogens (primary N) is 1. The Bertz CT molecular complexity index is 1380. The number of carbonyl (C=O) groups excluding carboxylic acids is 2. The predicted molar refractivity (Wildman–Crippen MR) is 141 cm³/mol. The van der Waals surface area contributed by atoms with E-state index in [0.29, 0.717) is 15.7 Å². The van der Waals surface area contributed by atoms with Gasteiger partial charge in [-0.15, -0.1) is 11.3 Å². The maximum Gasteiger partial charge on any atom is 0.270 e. The molecule has 1 fully saturated rings. The van der Waals surface area contributed by atoms with Gasteiger partial charge in [0.05, 0.1) is 11.1 Å². The summed E-state index contributed by atoms with van der Waals surface area (Å²) in [4.78, 5) is 39.4. The standard InChI is InChI=1S/C24H25N7O2S2/c1-30-7-9-31(10-8-30)13-18-12-16(14-34-18)22(33)29-23-20(21(25)32)28-24(35-23)27-17-4-5-19-15(11-17)3-2-6-26-19/h2-6,11-12,14H,7-10,13H2,1H3,(H2,25,32)(H,27,28)(H,29,33). The molecule has 0 saturated carbocycles. The average molecular weight is 508 g/mol. The van der Waals surface area contributed by atoms with Gasteiger partial charge in [0.25, 0.3) is 11.8 Å². The highest BCUT2D eigenvalue weighted by Gasteiger charge is 2.20. The van der Waals surface area contributed by atoms with Crippen molar-refractivity contribution in [3.8, 4) is 0 Å². The highest BCUT2D eigenvalue weighted by Crippen LogP contribution is 2.32. The lowest BCUT2D eigenvalue weighted by molar-refractivity contribution is 0.0997. The van der Waals surface area contributed by atoms with E-state index in [0.717, 1.165) is 54.2 Å². The van der Waals surface area contributed by atoms with Crippen molar-refractivity contribution < 1.29 is 9.59 Å². The molecule has 4 aromatic rings. The Labute approximate surface area is 210 Å². The van der Waals surface area contributed by atoms with Crippen LogP contribution in [-0.2, 0) is 6.54 Å². The first kappa shape index (κ1) is 23.4. The summed E-state index contributed by atoms with van der Waals surface area (Å²) in [6.45, 7) is 4.96. The lowest BCUT2D eigenvalue weighted by Gasteiger charge is -2.31. The minimum Gasteiger partial charge on any atom is -0.364 e. The molecule has 0 radical (unpaired) electrons. The van der Waals surface area contributed by atoms with Crippen molar-refractivity contribution >= 4 is 61.2 Å². The number of benzene rings is 1. The minimum atomic E-state index is -0.701. The monoisotopic (exact) mass is 507 g/mol. The van der Waals surface area contributed by atoms with Crippen LogP contribution in [0.15, 0.2) is 48.0 Å². The molecule has 2 amide bonds. The number of hydrogen-bond acceptors (Lipinski definition) is 9. The fraction of sp³-hybridized carbons (Fsp3) is 0.250. The number of primary amides is 1. The Morgan fingerprint density at radius 2 is 1.97 bits per heavy atom. The number of nitrogens with zero attached hydrogens (tertiary/aromatic N) is 4. The molecule has 4 N–H and O–H groups in total. The van der Waals surface area contributed by atoms with Gasteiger partial charge in [0.15, 0.2) is 10.8 Å². The van der Waals surface area contributed by atoms with E-state index in [2.05, 4.69) is 37.4 Å². The molecule has 35 heavy (non-hydrogen) atoms. The fourth-order valence-corrected chi connectivity index (χ4v) is 5.68. The van der Waals surface area contributed by atoms with Crippen LogP contribution < -0.4 is 16.4 Å². The van der Waals surface area contributed by atoms with E-state index in [-0.39, 0.29) is 11.6 Å². The Hall–Kier alpha value is -3.38. The van der Waals surface area contributed by atoms with Crippen LogP contribution in [0.2, 0.25) is 0 Å². The zero-order valence-electron chi connectivity index (χ0n) is 19.2. The number of anilines is 3. The molecule has 0 aliphatic carbocycles. The van der Waals surface area contributed by atoms with Gasteiger partial charge in [-0.3, -0.25) is 19.5 Å². The van der Waals surface area contributed by atoms with Crippen LogP contribution in [-0.4, -0.2) is 64.8 Å². The summed E-state index contributed by atoms with van der Waals surface area (Å²) in [6, 6.07) is 11.5. The molecule has 5 rings (SSSR count). The van der Waals surface area contributed by atoms with Gasteiger partial charge in [0.2, 0.25) is 0 Å². The topological polar surface area (TPSA) is 116 Å². The van der Waals surface area contributed by atoms with Crippen LogP contribution in [0.3, 0.4) is 0 Å². The molecule has 0 spiro atoms. The highest BCUT2D eigenvalue weighted by molar-refractivity contribution is 7.20. The molecule has 1 aliphatic rings. The largest absolute Gasteiger partial charge is 0.364 e. The Balaban J connectivity index is 1.28. The number of thiazole rings is 1. The van der Waals surface area contributed by atoms with Gasteiger partial charge in [-0.2, -0.15) is 0 Å². The van der Waals surface area contributed by atoms with Gasteiger partial charge >= 0.3 is 0 Å². The second kappa shape index (κ2) is 10.1. The van der Waals surface area contributed by atoms with Gasteiger partial charge in [0.1, 0.15) is 5.00 Å². The van der Waals surface area contributed by atoms with Crippen LogP contribution in [0, 0.1) is 0 Å². The molecule has 0 bridgehead atoms. The Morgan fingerprint density at radius 1 is 1.14 bits per heavy atom. The van der Waals surface area contributed by atoms with Gasteiger partial charge in [-0.05, 0) is 37.4 Å². The van der Waals surface area contributed by atoms with E-state index in [9.17, 15) is 9.59 Å². The van der Waals surface area contributed by atoms with Crippen molar-refractivity contribution in [3.05, 3.63) is 64.1 Å². The van der Waals surface area contributed by atoms with Crippen LogP contribution in [0.25, 0.3) is 10.9 Å². The summed E-state index contributed by atoms with van der Waals surface area (Å²) >= 11 is 2.73. The Kier molecular flexibility index (Phi) is 6.73. The first-order valence-corrected chi connectivity index (χ1v) is 12.9. The summed E-state index contributed by atoms with van der Waals surface area (Å²) in [5, 5.41) is 9.60. The summed E-state index contributed by atoms with van der Waals surface area (Å²) in [6.07, 6.45) is 1.74. The fourth-order valence-electron chi connectivity index (χ4n) is 3.89. The van der Waals surface area contributed by atoms with E-state index in [1.54, 1.807) is 17.5 Å². The van der Waals surface area contributed by atoms with E-state index in [1.165, 1.54) is 11.3 Å². The lowest BCUT2D eigenvalue weighted by Crippen LogP contribution is -2.43. The quantitative estimate of drug-likeness (QED) is 0.350. The molecule has 3 aromatic heterocycles. The maximum absolute atomic E-state index is 12.9. The minimum absolute atomic E-state index is 0.0289. The molecule has 9 nitrogen and oxygen atoms in total. The van der Waals surface area contributed by atoms with Gasteiger partial charge in [0, 0.05) is 60.3 Å². The van der Waals surface area contributed by atoms with Crippen molar-refractivity contribution in [1.29, 1.82) is 0 Å². The number of likely N-dealkylation sites (N-methyl/N-ethyl adjacent to an activating group) is 1. The molecule has 4 heterocycles. The number of carbonyl (C=O) groups is 2. The summed E-state index contributed by atoms with van der Waals surface area (Å²) < 4.78 is 0. The summed E-state index contributed by atoms with van der Waals surface area (Å²) in [5.74, 6) is -0.992. The van der Waals surface area contributed by atoms with E-state index < -0.39 is 5.91 Å². The third-order valence-corrected chi connectivity index (χ3v) is 7.64. The molecular formula is C24H25N7O2S2. The van der Waals surface area contributed by atoms with E-state index in [4.69, 9.17) is 5.73 Å². The second-order valence-corrected chi connectivity index (χ2v) is 10.4. The smallest absolute Gasteiger partial charge is 0.270 e. The van der Waals surface area contributed by atoms with Crippen molar-refractivity contribution in [2.75, 3.05) is 43.9 Å². The predicted octanol–water partition coefficient (Wildman–Crippen LogP) is 3.60. The molecule has 0 unspecified atom stereocenters. The van der Waals surface area contributed by atoms with E-state index in [1.807, 2.05) is 41.8 Å². The third-order valence-electron chi connectivity index (χ3n) is 5.83. The van der Waals surface area contributed by atoms with Crippen molar-refractivity contribution in [2.45, 2.75) is 6.54 Å². The molecule has 1 saturated heterocycles. The molecular weight excluding hydrogens is 482 g/mol. The maximum atomic E-state index is 12.9. The number of amides is 2. The van der Waals surface area contributed by atoms with Crippen molar-refractivity contribution in [1.82, 2.24) is 19.8 Å². The Morgan fingerprint density at radius 3 is 2.77 bits per heavy atom. The van der Waals surface area contributed by atoms with Gasteiger partial charge < -0.3 is 21.3 Å². The molecule has 180 valence electrons. The van der Waals surface area contributed by atoms with Crippen molar-refractivity contribution in [2.24, 2.45) is 5.73 Å².